The smallest absolute Gasteiger partial charge is 0.257 e. The van der Waals surface area contributed by atoms with E-state index in [-0.39, 0.29) is 17.4 Å². The second-order valence-electron chi connectivity index (χ2n) is 5.39. The van der Waals surface area contributed by atoms with Crippen molar-refractivity contribution in [2.24, 2.45) is 11.1 Å². The van der Waals surface area contributed by atoms with E-state index in [4.69, 9.17) is 9.88 Å². The summed E-state index contributed by atoms with van der Waals surface area (Å²) in [4.78, 5) is 11.7. The van der Waals surface area contributed by atoms with E-state index in [0.717, 1.165) is 0 Å². The van der Waals surface area contributed by atoms with Gasteiger partial charge in [0.15, 0.2) is 6.61 Å². The largest absolute Gasteiger partial charge is 0.483 e. The summed E-state index contributed by atoms with van der Waals surface area (Å²) in [5.41, 5.74) is 1.20. The molecule has 0 aromatic heterocycles. The van der Waals surface area contributed by atoms with Crippen LogP contribution in [-0.4, -0.2) is 27.5 Å². The van der Waals surface area contributed by atoms with Gasteiger partial charge in [0.05, 0.1) is 4.90 Å². The van der Waals surface area contributed by atoms with Crippen molar-refractivity contribution in [2.45, 2.75) is 31.6 Å². The normalized spacial score (nSPS) is 14.8. The molecule has 2 rings (SSSR count). The molecule has 21 heavy (non-hydrogen) atoms. The number of carbonyl (C=O) groups is 1. The van der Waals surface area contributed by atoms with E-state index in [1.54, 1.807) is 13.8 Å². The average molecular weight is 312 g/mol. The number of amides is 1. The first-order chi connectivity index (χ1) is 9.79. The van der Waals surface area contributed by atoms with Gasteiger partial charge in [-0.2, -0.15) is 0 Å². The molecule has 3 N–H and O–H groups in total. The topological polar surface area (TPSA) is 98.5 Å². The van der Waals surface area contributed by atoms with E-state index in [2.05, 4.69) is 5.32 Å². The second-order valence-corrected chi connectivity index (χ2v) is 6.92. The molecule has 0 spiro atoms. The van der Waals surface area contributed by atoms with Gasteiger partial charge >= 0.3 is 0 Å². The van der Waals surface area contributed by atoms with Gasteiger partial charge in [-0.15, -0.1) is 0 Å². The summed E-state index contributed by atoms with van der Waals surface area (Å²) < 4.78 is 28.3. The third kappa shape index (κ3) is 4.18. The number of hydrogen-bond donors (Lipinski definition) is 2. The number of hydrogen-bond acceptors (Lipinski definition) is 4. The molecule has 1 amide bonds. The standard InChI is InChI=1S/C14H20N2O4S/c1-9-10(2)13(21(15,18)19)6-5-12(9)20-8-14(17)16-7-11-3-4-11/h5-6,11H,3-4,7-8H2,1-2H3,(H,16,17)(H2,15,18,19). The zero-order chi connectivity index (χ0) is 15.6. The highest BCUT2D eigenvalue weighted by molar-refractivity contribution is 7.89. The third-order valence-electron chi connectivity index (χ3n) is 3.64. The lowest BCUT2D eigenvalue weighted by Crippen LogP contribution is -2.30. The first kappa shape index (κ1) is 15.8. The zero-order valence-electron chi connectivity index (χ0n) is 12.2. The fourth-order valence-corrected chi connectivity index (χ4v) is 2.85. The molecule has 6 nitrogen and oxygen atoms in total. The molecule has 116 valence electrons. The predicted molar refractivity (Wildman–Crippen MR) is 78.5 cm³/mol. The highest BCUT2D eigenvalue weighted by Gasteiger charge is 2.21. The number of nitrogens with two attached hydrogens (primary N) is 1. The SMILES string of the molecule is Cc1c(OCC(=O)NCC2CC2)ccc(S(N)(=O)=O)c1C. The van der Waals surface area contributed by atoms with Crippen LogP contribution in [-0.2, 0) is 14.8 Å². The van der Waals surface area contributed by atoms with Gasteiger partial charge < -0.3 is 10.1 Å². The summed E-state index contributed by atoms with van der Waals surface area (Å²) in [6, 6.07) is 2.92. The van der Waals surface area contributed by atoms with Crippen LogP contribution in [0.4, 0.5) is 0 Å². The van der Waals surface area contributed by atoms with E-state index in [1.807, 2.05) is 0 Å². The Balaban J connectivity index is 2.00. The van der Waals surface area contributed by atoms with Gasteiger partial charge in [-0.05, 0) is 55.9 Å². The maximum absolute atomic E-state index is 11.6. The Kier molecular flexibility index (Phi) is 4.53. The molecule has 0 atom stereocenters. The molecule has 1 aromatic carbocycles. The van der Waals surface area contributed by atoms with Crippen molar-refractivity contribution in [1.29, 1.82) is 0 Å². The quantitative estimate of drug-likeness (QED) is 0.813. The van der Waals surface area contributed by atoms with Crippen molar-refractivity contribution in [2.75, 3.05) is 13.2 Å². The summed E-state index contributed by atoms with van der Waals surface area (Å²) in [7, 11) is -3.75. The van der Waals surface area contributed by atoms with Crippen LogP contribution in [0, 0.1) is 19.8 Å². The summed E-state index contributed by atoms with van der Waals surface area (Å²) in [6.07, 6.45) is 2.35. The maximum atomic E-state index is 11.6. The van der Waals surface area contributed by atoms with Gasteiger partial charge in [0.25, 0.3) is 5.91 Å². The highest BCUT2D eigenvalue weighted by atomic mass is 32.2. The Labute approximate surface area is 124 Å². The van der Waals surface area contributed by atoms with Crippen molar-refractivity contribution in [3.05, 3.63) is 23.3 Å². The minimum atomic E-state index is -3.75. The maximum Gasteiger partial charge on any atom is 0.257 e. The van der Waals surface area contributed by atoms with E-state index in [9.17, 15) is 13.2 Å². The molecule has 1 aliphatic carbocycles. The summed E-state index contributed by atoms with van der Waals surface area (Å²) in [5.74, 6) is 0.933. The van der Waals surface area contributed by atoms with E-state index >= 15 is 0 Å². The molecule has 0 saturated heterocycles. The minimum absolute atomic E-state index is 0.0746. The van der Waals surface area contributed by atoms with Crippen LogP contribution in [0.5, 0.6) is 5.75 Å². The van der Waals surface area contributed by atoms with Gasteiger partial charge in [-0.3, -0.25) is 4.79 Å². The number of rotatable bonds is 6. The number of ether oxygens (including phenoxy) is 1. The van der Waals surface area contributed by atoms with Crippen LogP contribution in [0.2, 0.25) is 0 Å². The lowest BCUT2D eigenvalue weighted by Gasteiger charge is -2.13. The number of carbonyl (C=O) groups excluding carboxylic acids is 1. The van der Waals surface area contributed by atoms with E-state index in [1.165, 1.54) is 25.0 Å². The molecule has 0 unspecified atom stereocenters. The van der Waals surface area contributed by atoms with Gasteiger partial charge in [0, 0.05) is 6.54 Å². The molecule has 1 aliphatic rings. The van der Waals surface area contributed by atoms with Crippen molar-refractivity contribution in [1.82, 2.24) is 5.32 Å². The number of nitrogens with one attached hydrogen (secondary N) is 1. The van der Waals surface area contributed by atoms with Crippen molar-refractivity contribution in [3.63, 3.8) is 0 Å². The molecule has 0 heterocycles. The zero-order valence-corrected chi connectivity index (χ0v) is 13.0. The van der Waals surface area contributed by atoms with E-state index < -0.39 is 10.0 Å². The molecule has 1 fully saturated rings. The number of sulfonamides is 1. The van der Waals surface area contributed by atoms with Crippen molar-refractivity contribution in [3.8, 4) is 5.75 Å². The second kappa shape index (κ2) is 6.03. The predicted octanol–water partition coefficient (Wildman–Crippen LogP) is 0.856. The van der Waals surface area contributed by atoms with Crippen molar-refractivity contribution < 1.29 is 17.9 Å². The van der Waals surface area contributed by atoms with Crippen LogP contribution in [0.15, 0.2) is 17.0 Å². The summed E-state index contributed by atoms with van der Waals surface area (Å²) in [6.45, 7) is 4.02. The fourth-order valence-electron chi connectivity index (χ4n) is 2.01. The monoisotopic (exact) mass is 312 g/mol. The summed E-state index contributed by atoms with van der Waals surface area (Å²) in [5, 5.41) is 7.94. The molecule has 7 heteroatoms. The van der Waals surface area contributed by atoms with Crippen LogP contribution in [0.1, 0.15) is 24.0 Å². The minimum Gasteiger partial charge on any atom is -0.483 e. The Morgan fingerprint density at radius 3 is 2.57 bits per heavy atom. The number of primary sulfonamides is 1. The lowest BCUT2D eigenvalue weighted by molar-refractivity contribution is -0.123. The Bertz CT molecular complexity index is 651. The summed E-state index contributed by atoms with van der Waals surface area (Å²) >= 11 is 0. The Hall–Kier alpha value is -1.60. The molecular weight excluding hydrogens is 292 g/mol. The highest BCUT2D eigenvalue weighted by Crippen LogP contribution is 2.28. The average Bonchev–Trinajstić information content (AvgIpc) is 3.20. The molecule has 0 aliphatic heterocycles. The molecule has 0 radical (unpaired) electrons. The molecular formula is C14H20N2O4S. The first-order valence-corrected chi connectivity index (χ1v) is 8.36. The Morgan fingerprint density at radius 1 is 1.33 bits per heavy atom. The number of benzene rings is 1. The van der Waals surface area contributed by atoms with Gasteiger partial charge in [0.2, 0.25) is 10.0 Å². The lowest BCUT2D eigenvalue weighted by atomic mass is 10.1. The fraction of sp³-hybridized carbons (Fsp3) is 0.500. The Morgan fingerprint density at radius 2 is 2.00 bits per heavy atom. The first-order valence-electron chi connectivity index (χ1n) is 6.81. The van der Waals surface area contributed by atoms with Crippen molar-refractivity contribution >= 4 is 15.9 Å². The van der Waals surface area contributed by atoms with Crippen LogP contribution in [0.3, 0.4) is 0 Å². The van der Waals surface area contributed by atoms with Crippen LogP contribution in [0.25, 0.3) is 0 Å². The third-order valence-corrected chi connectivity index (χ3v) is 4.69. The van der Waals surface area contributed by atoms with Gasteiger partial charge in [0.1, 0.15) is 5.75 Å². The molecule has 0 bridgehead atoms. The van der Waals surface area contributed by atoms with Crippen LogP contribution < -0.4 is 15.2 Å². The van der Waals surface area contributed by atoms with Gasteiger partial charge in [-0.25, -0.2) is 13.6 Å². The van der Waals surface area contributed by atoms with Gasteiger partial charge in [-0.1, -0.05) is 0 Å². The molecule has 1 saturated carbocycles. The molecule has 1 aromatic rings. The van der Waals surface area contributed by atoms with E-state index in [0.29, 0.717) is 29.3 Å². The van der Waals surface area contributed by atoms with Crippen LogP contribution >= 0.6 is 0 Å².